The maximum atomic E-state index is 13.9. The van der Waals surface area contributed by atoms with Crippen LogP contribution < -0.4 is 4.90 Å². The van der Waals surface area contributed by atoms with Crippen LogP contribution in [0.2, 0.25) is 0 Å². The minimum Gasteiger partial charge on any atom is -0.378 e. The van der Waals surface area contributed by atoms with Crippen LogP contribution in [0.4, 0.5) is 5.69 Å². The number of carbonyl (C=O) groups excluding carboxylic acids is 2. The number of amides is 2. The summed E-state index contributed by atoms with van der Waals surface area (Å²) in [5, 5.41) is 3.06. The number of thiophene rings is 1. The zero-order chi connectivity index (χ0) is 27.9. The summed E-state index contributed by atoms with van der Waals surface area (Å²) in [5.74, 6) is -0.198. The Kier molecular flexibility index (Phi) is 8.62. The molecule has 0 radical (unpaired) electrons. The lowest BCUT2D eigenvalue weighted by Crippen LogP contribution is -2.43. The fraction of sp³-hybridized carbons (Fsp3) is 0.212. The average molecular weight is 551 g/mol. The lowest BCUT2D eigenvalue weighted by atomic mass is 10.1. The molecule has 3 aromatic carbocycles. The second-order valence-electron chi connectivity index (χ2n) is 10.1. The Hall–Kier alpha value is -4.36. The van der Waals surface area contributed by atoms with Gasteiger partial charge in [0, 0.05) is 56.5 Å². The Bertz CT molecular complexity index is 1540. The summed E-state index contributed by atoms with van der Waals surface area (Å²) in [6.07, 6.45) is 2.74. The fourth-order valence-electron chi connectivity index (χ4n) is 4.83. The van der Waals surface area contributed by atoms with Gasteiger partial charge in [-0.05, 0) is 52.8 Å². The molecule has 1 N–H and O–H groups in total. The molecule has 0 unspecified atom stereocenters. The average Bonchev–Trinajstić information content (AvgIpc) is 3.66. The van der Waals surface area contributed by atoms with Crippen molar-refractivity contribution < 1.29 is 9.59 Å². The van der Waals surface area contributed by atoms with Gasteiger partial charge in [-0.3, -0.25) is 9.59 Å². The zero-order valence-electron chi connectivity index (χ0n) is 22.9. The summed E-state index contributed by atoms with van der Waals surface area (Å²) in [6, 6.07) is 30.0. The molecule has 0 aliphatic heterocycles. The summed E-state index contributed by atoms with van der Waals surface area (Å²) in [5.41, 5.74) is 5.41. The summed E-state index contributed by atoms with van der Waals surface area (Å²) in [7, 11) is 4.02. The van der Waals surface area contributed by atoms with Crippen LogP contribution in [0.1, 0.15) is 26.4 Å². The number of hydrogen-bond acceptors (Lipinski definition) is 4. The van der Waals surface area contributed by atoms with Crippen molar-refractivity contribution in [2.75, 3.05) is 32.1 Å². The van der Waals surface area contributed by atoms with Crippen LogP contribution in [-0.2, 0) is 24.3 Å². The molecule has 2 aromatic heterocycles. The minimum absolute atomic E-state index is 0.00922. The first-order valence-electron chi connectivity index (χ1n) is 13.4. The Labute approximate surface area is 239 Å². The minimum atomic E-state index is -0.126. The molecule has 204 valence electrons. The van der Waals surface area contributed by atoms with E-state index < -0.39 is 0 Å². The van der Waals surface area contributed by atoms with Crippen LogP contribution in [-0.4, -0.2) is 53.8 Å². The molecule has 6 nitrogen and oxygen atoms in total. The van der Waals surface area contributed by atoms with E-state index in [1.807, 2.05) is 85.2 Å². The smallest absolute Gasteiger partial charge is 0.264 e. The van der Waals surface area contributed by atoms with E-state index in [1.54, 1.807) is 4.90 Å². The van der Waals surface area contributed by atoms with Crippen molar-refractivity contribution in [3.05, 3.63) is 124 Å². The fourth-order valence-corrected chi connectivity index (χ4v) is 5.52. The Morgan fingerprint density at radius 3 is 2.20 bits per heavy atom. The van der Waals surface area contributed by atoms with Crippen LogP contribution in [0.3, 0.4) is 0 Å². The van der Waals surface area contributed by atoms with E-state index >= 15 is 0 Å². The first kappa shape index (κ1) is 27.2. The highest BCUT2D eigenvalue weighted by molar-refractivity contribution is 7.12. The Morgan fingerprint density at radius 1 is 0.775 bits per heavy atom. The normalized spacial score (nSPS) is 10.9. The van der Waals surface area contributed by atoms with Gasteiger partial charge in [0.25, 0.3) is 5.91 Å². The van der Waals surface area contributed by atoms with Crippen molar-refractivity contribution in [2.24, 2.45) is 0 Å². The first-order valence-corrected chi connectivity index (χ1v) is 14.3. The monoisotopic (exact) mass is 550 g/mol. The topological polar surface area (TPSA) is 59.7 Å². The first-order chi connectivity index (χ1) is 19.5. The molecular weight excluding hydrogens is 516 g/mol. The van der Waals surface area contributed by atoms with Gasteiger partial charge in [-0.25, -0.2) is 0 Å². The Balaban J connectivity index is 1.38. The van der Waals surface area contributed by atoms with Gasteiger partial charge >= 0.3 is 0 Å². The standard InChI is InChI=1S/C33H34N4O2S/c1-35(2)28-16-14-26(15-17-28)22-36(19-18-27-21-34-30-12-7-6-11-29(27)30)32(38)24-37(23-25-9-4-3-5-10-25)33(39)31-13-8-20-40-31/h3-17,20-21,34H,18-19,22-24H2,1-2H3. The molecular formula is C33H34N4O2S. The maximum absolute atomic E-state index is 13.9. The third-order valence-electron chi connectivity index (χ3n) is 7.07. The number of para-hydroxylation sites is 1. The number of fused-ring (bicyclic) bond motifs is 1. The number of nitrogens with one attached hydrogen (secondary N) is 1. The quantitative estimate of drug-likeness (QED) is 0.213. The van der Waals surface area contributed by atoms with Crippen molar-refractivity contribution in [3.63, 3.8) is 0 Å². The number of H-pyrrole nitrogens is 1. The lowest BCUT2D eigenvalue weighted by molar-refractivity contribution is -0.132. The number of carbonyl (C=O) groups is 2. The Morgan fingerprint density at radius 2 is 1.48 bits per heavy atom. The van der Waals surface area contributed by atoms with Gasteiger partial charge in [-0.15, -0.1) is 11.3 Å². The number of aromatic amines is 1. The zero-order valence-corrected chi connectivity index (χ0v) is 23.7. The number of nitrogens with zero attached hydrogens (tertiary/aromatic N) is 3. The van der Waals surface area contributed by atoms with Gasteiger partial charge in [0.05, 0.1) is 4.88 Å². The van der Waals surface area contributed by atoms with E-state index in [1.165, 1.54) is 22.3 Å². The molecule has 0 saturated heterocycles. The van der Waals surface area contributed by atoms with E-state index in [-0.39, 0.29) is 18.4 Å². The molecule has 2 heterocycles. The highest BCUT2D eigenvalue weighted by Crippen LogP contribution is 2.20. The van der Waals surface area contributed by atoms with Gasteiger partial charge < -0.3 is 19.7 Å². The van der Waals surface area contributed by atoms with Crippen LogP contribution >= 0.6 is 11.3 Å². The molecule has 0 saturated carbocycles. The van der Waals surface area contributed by atoms with E-state index in [9.17, 15) is 9.59 Å². The van der Waals surface area contributed by atoms with Crippen molar-refractivity contribution >= 4 is 39.7 Å². The second-order valence-corrected chi connectivity index (χ2v) is 11.1. The van der Waals surface area contributed by atoms with Gasteiger partial charge in [0.2, 0.25) is 5.91 Å². The van der Waals surface area contributed by atoms with Crippen LogP contribution in [0, 0.1) is 0 Å². The van der Waals surface area contributed by atoms with Gasteiger partial charge in [0.15, 0.2) is 0 Å². The molecule has 0 aliphatic rings. The third-order valence-corrected chi connectivity index (χ3v) is 7.92. The molecule has 0 atom stereocenters. The van der Waals surface area contributed by atoms with Crippen molar-refractivity contribution in [1.29, 1.82) is 0 Å². The maximum Gasteiger partial charge on any atom is 0.264 e. The highest BCUT2D eigenvalue weighted by atomic mass is 32.1. The van der Waals surface area contributed by atoms with Crippen molar-refractivity contribution in [3.8, 4) is 0 Å². The van der Waals surface area contributed by atoms with Gasteiger partial charge in [0.1, 0.15) is 6.54 Å². The summed E-state index contributed by atoms with van der Waals surface area (Å²) >= 11 is 1.40. The van der Waals surface area contributed by atoms with Crippen LogP contribution in [0.5, 0.6) is 0 Å². The SMILES string of the molecule is CN(C)c1ccc(CN(CCc2c[nH]c3ccccc23)C(=O)CN(Cc2ccccc2)C(=O)c2cccs2)cc1. The van der Waals surface area contributed by atoms with E-state index in [0.717, 1.165) is 22.3 Å². The van der Waals surface area contributed by atoms with Crippen molar-refractivity contribution in [2.45, 2.75) is 19.5 Å². The van der Waals surface area contributed by atoms with Gasteiger partial charge in [-0.2, -0.15) is 0 Å². The summed E-state index contributed by atoms with van der Waals surface area (Å²) in [4.78, 5) is 37.0. The number of hydrogen-bond donors (Lipinski definition) is 1. The van der Waals surface area contributed by atoms with E-state index in [4.69, 9.17) is 0 Å². The molecule has 0 bridgehead atoms. The largest absolute Gasteiger partial charge is 0.378 e. The number of rotatable bonds is 11. The molecule has 2 amide bonds. The molecule has 5 rings (SSSR count). The van der Waals surface area contributed by atoms with Crippen LogP contribution in [0.25, 0.3) is 10.9 Å². The van der Waals surface area contributed by atoms with Gasteiger partial charge in [-0.1, -0.05) is 66.7 Å². The van der Waals surface area contributed by atoms with E-state index in [2.05, 4.69) is 46.3 Å². The third kappa shape index (κ3) is 6.61. The number of anilines is 1. The van der Waals surface area contributed by atoms with Crippen LogP contribution in [0.15, 0.2) is 103 Å². The highest BCUT2D eigenvalue weighted by Gasteiger charge is 2.24. The molecule has 40 heavy (non-hydrogen) atoms. The molecule has 0 aliphatic carbocycles. The predicted octanol–water partition coefficient (Wildman–Crippen LogP) is 6.21. The second kappa shape index (κ2) is 12.7. The molecule has 7 heteroatoms. The molecule has 0 fully saturated rings. The molecule has 0 spiro atoms. The van der Waals surface area contributed by atoms with E-state index in [0.29, 0.717) is 30.9 Å². The number of aromatic nitrogens is 1. The number of benzene rings is 3. The summed E-state index contributed by atoms with van der Waals surface area (Å²) < 4.78 is 0. The summed E-state index contributed by atoms with van der Waals surface area (Å²) in [6.45, 7) is 1.40. The lowest BCUT2D eigenvalue weighted by Gasteiger charge is -2.28. The molecule has 5 aromatic rings. The van der Waals surface area contributed by atoms with Crippen molar-refractivity contribution in [1.82, 2.24) is 14.8 Å². The predicted molar refractivity (Wildman–Crippen MR) is 164 cm³/mol.